The first-order valence-electron chi connectivity index (χ1n) is 17.2. The Hall–Kier alpha value is -6.10. The Morgan fingerprint density at radius 1 is 0.891 bits per heavy atom. The Bertz CT molecular complexity index is 1760. The van der Waals surface area contributed by atoms with Gasteiger partial charge in [0.25, 0.3) is 11.4 Å². The van der Waals surface area contributed by atoms with Crippen LogP contribution in [0.3, 0.4) is 0 Å². The number of carboxylic acid groups (broad SMARTS) is 3. The first-order chi connectivity index (χ1) is 26.1. The van der Waals surface area contributed by atoms with Crippen LogP contribution in [0.25, 0.3) is 0 Å². The van der Waals surface area contributed by atoms with Gasteiger partial charge in [0.2, 0.25) is 11.8 Å². The molecule has 1 aliphatic rings. The van der Waals surface area contributed by atoms with Crippen LogP contribution in [-0.2, 0) is 46.6 Å². The van der Waals surface area contributed by atoms with Crippen molar-refractivity contribution < 1.29 is 63.4 Å². The van der Waals surface area contributed by atoms with E-state index >= 15 is 0 Å². The number of nitrogens with one attached hydrogen (secondary N) is 1. The van der Waals surface area contributed by atoms with E-state index in [4.69, 9.17) is 14.6 Å². The van der Waals surface area contributed by atoms with E-state index in [1.54, 1.807) is 6.20 Å². The summed E-state index contributed by atoms with van der Waals surface area (Å²) < 4.78 is 12.4. The molecule has 4 amide bonds. The topological polar surface area (TPSA) is 317 Å². The van der Waals surface area contributed by atoms with Gasteiger partial charge in [0.1, 0.15) is 28.9 Å². The number of anilines is 1. The van der Waals surface area contributed by atoms with Crippen LogP contribution in [0.4, 0.5) is 21.9 Å². The number of aliphatic carboxylic acids is 3. The van der Waals surface area contributed by atoms with Crippen LogP contribution in [-0.4, -0.2) is 124 Å². The van der Waals surface area contributed by atoms with Gasteiger partial charge in [0.15, 0.2) is 0 Å². The molecular weight excluding hydrogens is 736 g/mol. The Labute approximate surface area is 312 Å². The third-order valence-corrected chi connectivity index (χ3v) is 8.97. The SMILES string of the molecule is CCC1(CC)C(=O)N(C(CCCCn2cc(COCCOCCNc3ccc([N+](=O)[O-])cc3[N+](=O)[O-])nn2)C(=O)O)C(=O)N(C(CCC(=O)O)C(=O)O)C1=O. The van der Waals surface area contributed by atoms with E-state index in [1.165, 1.54) is 24.6 Å². The smallest absolute Gasteiger partial charge is 0.335 e. The van der Waals surface area contributed by atoms with Crippen LogP contribution >= 0.6 is 0 Å². The second-order valence-electron chi connectivity index (χ2n) is 12.3. The van der Waals surface area contributed by atoms with Crippen molar-refractivity contribution in [1.82, 2.24) is 24.8 Å². The summed E-state index contributed by atoms with van der Waals surface area (Å²) in [6, 6.07) is -1.87. The lowest BCUT2D eigenvalue weighted by atomic mass is 9.77. The normalized spacial score (nSPS) is 15.1. The molecule has 3 rings (SSSR count). The lowest BCUT2D eigenvalue weighted by Gasteiger charge is -2.46. The van der Waals surface area contributed by atoms with Crippen molar-refractivity contribution >= 4 is 52.8 Å². The Kier molecular flexibility index (Phi) is 15.6. The number of nitrogens with zero attached hydrogens (tertiary/aromatic N) is 7. The molecule has 0 radical (unpaired) electrons. The molecule has 1 saturated heterocycles. The number of amides is 4. The van der Waals surface area contributed by atoms with E-state index < -0.39 is 87.3 Å². The summed E-state index contributed by atoms with van der Waals surface area (Å²) in [5.41, 5.74) is -2.20. The number of rotatable bonds is 25. The second kappa shape index (κ2) is 19.8. The molecule has 2 atom stereocenters. The molecule has 2 heterocycles. The van der Waals surface area contributed by atoms with Gasteiger partial charge in [-0.05, 0) is 44.6 Å². The largest absolute Gasteiger partial charge is 0.481 e. The zero-order valence-corrected chi connectivity index (χ0v) is 30.0. The predicted octanol–water partition coefficient (Wildman–Crippen LogP) is 2.28. The van der Waals surface area contributed by atoms with Gasteiger partial charge >= 0.3 is 23.9 Å². The lowest BCUT2D eigenvalue weighted by Crippen LogP contribution is -2.70. The van der Waals surface area contributed by atoms with Crippen LogP contribution in [0, 0.1) is 25.6 Å². The Morgan fingerprint density at radius 3 is 2.07 bits per heavy atom. The number of unbranched alkanes of at least 4 members (excludes halogenated alkanes) is 1. The molecule has 0 bridgehead atoms. The highest BCUT2D eigenvalue weighted by Gasteiger charge is 2.59. The number of ether oxygens (including phenoxy) is 2. The molecule has 300 valence electrons. The maximum atomic E-state index is 13.7. The zero-order valence-electron chi connectivity index (χ0n) is 30.0. The summed E-state index contributed by atoms with van der Waals surface area (Å²) in [7, 11) is 0. The number of nitro groups is 2. The van der Waals surface area contributed by atoms with E-state index in [-0.39, 0.29) is 70.9 Å². The maximum absolute atomic E-state index is 13.7. The standard InChI is InChI=1S/C32H42N8O15/c1-3-32(4-2)29(47)37(31(49)38(30(32)48)24(28(45)46)10-11-26(41)42)23(27(43)44)7-5-6-13-36-18-20(34-35-36)19-55-16-15-54-14-12-33-22-9-8-21(39(50)51)17-25(22)40(52)53/h8-9,17-18,23-24,33H,3-7,10-16,19H2,1-2H3,(H,41,42)(H,43,44)(H,45,46). The van der Waals surface area contributed by atoms with Crippen molar-refractivity contribution in [3.8, 4) is 0 Å². The molecule has 23 nitrogen and oxygen atoms in total. The van der Waals surface area contributed by atoms with Crippen LogP contribution < -0.4 is 5.32 Å². The molecule has 1 aromatic heterocycles. The molecule has 1 aliphatic heterocycles. The number of nitro benzene ring substituents is 2. The summed E-state index contributed by atoms with van der Waals surface area (Å²) in [4.78, 5) is 98.0. The molecule has 55 heavy (non-hydrogen) atoms. The van der Waals surface area contributed by atoms with Crippen LogP contribution in [0.15, 0.2) is 24.4 Å². The third-order valence-electron chi connectivity index (χ3n) is 8.97. The van der Waals surface area contributed by atoms with E-state index in [0.717, 1.165) is 12.1 Å². The molecular formula is C32H42N8O15. The fourth-order valence-electron chi connectivity index (χ4n) is 5.95. The molecule has 0 saturated carbocycles. The van der Waals surface area contributed by atoms with E-state index in [2.05, 4.69) is 15.6 Å². The maximum Gasteiger partial charge on any atom is 0.335 e. The first-order valence-corrected chi connectivity index (χ1v) is 17.2. The average molecular weight is 779 g/mol. The Balaban J connectivity index is 1.49. The van der Waals surface area contributed by atoms with Gasteiger partial charge in [-0.1, -0.05) is 19.1 Å². The molecule has 4 N–H and O–H groups in total. The minimum Gasteiger partial charge on any atom is -0.481 e. The van der Waals surface area contributed by atoms with Gasteiger partial charge in [-0.15, -0.1) is 5.10 Å². The third kappa shape index (κ3) is 10.7. The number of aromatic nitrogens is 3. The molecule has 0 spiro atoms. The van der Waals surface area contributed by atoms with Crippen molar-refractivity contribution in [2.75, 3.05) is 31.7 Å². The van der Waals surface area contributed by atoms with Crippen molar-refractivity contribution in [2.24, 2.45) is 5.41 Å². The van der Waals surface area contributed by atoms with E-state index in [0.29, 0.717) is 21.9 Å². The van der Waals surface area contributed by atoms with Gasteiger partial charge < -0.3 is 30.1 Å². The van der Waals surface area contributed by atoms with Crippen LogP contribution in [0.2, 0.25) is 0 Å². The summed E-state index contributed by atoms with van der Waals surface area (Å²) in [5.74, 6) is -6.79. The molecule has 23 heteroatoms. The highest BCUT2D eigenvalue weighted by Crippen LogP contribution is 2.39. The number of hydrogen-bond acceptors (Lipinski definition) is 15. The van der Waals surface area contributed by atoms with Gasteiger partial charge in [-0.2, -0.15) is 0 Å². The van der Waals surface area contributed by atoms with Crippen molar-refractivity contribution in [1.29, 1.82) is 0 Å². The summed E-state index contributed by atoms with van der Waals surface area (Å²) in [5, 5.41) is 61.9. The van der Waals surface area contributed by atoms with Gasteiger partial charge in [0, 0.05) is 25.6 Å². The number of non-ortho nitro benzene ring substituents is 1. The second-order valence-corrected chi connectivity index (χ2v) is 12.3. The average Bonchev–Trinajstić information content (AvgIpc) is 3.59. The van der Waals surface area contributed by atoms with Crippen molar-refractivity contribution in [3.05, 3.63) is 50.3 Å². The number of carbonyl (C=O) groups is 6. The molecule has 1 fully saturated rings. The fraction of sp³-hybridized carbons (Fsp3) is 0.562. The van der Waals surface area contributed by atoms with Crippen LogP contribution in [0.1, 0.15) is 64.5 Å². The van der Waals surface area contributed by atoms with E-state index in [1.807, 2.05) is 0 Å². The number of carbonyl (C=O) groups excluding carboxylic acids is 3. The van der Waals surface area contributed by atoms with Gasteiger partial charge in [-0.25, -0.2) is 24.2 Å². The van der Waals surface area contributed by atoms with Gasteiger partial charge in [0.05, 0.1) is 48.5 Å². The van der Waals surface area contributed by atoms with Gasteiger partial charge in [-0.3, -0.25) is 39.3 Å². The first kappa shape index (κ1) is 43.3. The highest BCUT2D eigenvalue weighted by atomic mass is 16.6. The molecule has 2 aromatic rings. The van der Waals surface area contributed by atoms with Crippen molar-refractivity contribution in [2.45, 2.75) is 84.0 Å². The summed E-state index contributed by atoms with van der Waals surface area (Å²) in [6.07, 6.45) is 0.152. The lowest BCUT2D eigenvalue weighted by molar-refractivity contribution is -0.393. The number of urea groups is 1. The molecule has 2 unspecified atom stereocenters. The minimum atomic E-state index is -1.94. The molecule has 0 aliphatic carbocycles. The number of imide groups is 2. The number of carboxylic acids is 3. The fourth-order valence-corrected chi connectivity index (χ4v) is 5.95. The predicted molar refractivity (Wildman–Crippen MR) is 184 cm³/mol. The Morgan fingerprint density at radius 2 is 1.51 bits per heavy atom. The zero-order chi connectivity index (χ0) is 40.9. The summed E-state index contributed by atoms with van der Waals surface area (Å²) >= 11 is 0. The summed E-state index contributed by atoms with van der Waals surface area (Å²) in [6.45, 7) is 3.97. The highest BCUT2D eigenvalue weighted by molar-refractivity contribution is 6.21. The van der Waals surface area contributed by atoms with Crippen LogP contribution in [0.5, 0.6) is 0 Å². The number of barbiturate groups is 1. The monoisotopic (exact) mass is 778 g/mol. The number of aryl methyl sites for hydroxylation is 1. The quantitative estimate of drug-likeness (QED) is 0.0486. The number of benzene rings is 1. The number of hydrogen-bond donors (Lipinski definition) is 4. The minimum absolute atomic E-state index is 0.0759. The molecule has 1 aromatic carbocycles. The van der Waals surface area contributed by atoms with Crippen molar-refractivity contribution in [3.63, 3.8) is 0 Å². The van der Waals surface area contributed by atoms with E-state index in [9.17, 15) is 59.2 Å².